The lowest BCUT2D eigenvalue weighted by Crippen LogP contribution is -2.53. The lowest BCUT2D eigenvalue weighted by Gasteiger charge is -2.45. The summed E-state index contributed by atoms with van der Waals surface area (Å²) in [4.78, 5) is 2.30. The summed E-state index contributed by atoms with van der Waals surface area (Å²) in [6.45, 7) is 1.70. The maximum absolute atomic E-state index is 13.6. The molecule has 2 bridgehead atoms. The zero-order valence-electron chi connectivity index (χ0n) is 15.1. The number of halogens is 3. The standard InChI is InChI=1S/C22H19F3N2O/c23-22(24,25)21-8-16(11-26)6-7-20(21)17-9-18-13-28-14-19(10-17)27(18)12-15-4-2-1-3-5-15/h1-9,18-19H,10,12-14H2. The number of ether oxygens (including phenoxy) is 1. The molecule has 3 nitrogen and oxygen atoms in total. The highest BCUT2D eigenvalue weighted by Crippen LogP contribution is 2.40. The molecule has 2 unspecified atom stereocenters. The van der Waals surface area contributed by atoms with Crippen molar-refractivity contribution in [2.45, 2.75) is 31.2 Å². The Morgan fingerprint density at radius 1 is 1.11 bits per heavy atom. The lowest BCUT2D eigenvalue weighted by atomic mass is 9.86. The van der Waals surface area contributed by atoms with E-state index in [9.17, 15) is 13.2 Å². The van der Waals surface area contributed by atoms with Crippen molar-refractivity contribution in [3.63, 3.8) is 0 Å². The molecule has 0 N–H and O–H groups in total. The molecule has 0 spiro atoms. The third-order valence-corrected chi connectivity index (χ3v) is 5.35. The van der Waals surface area contributed by atoms with E-state index in [0.29, 0.717) is 25.2 Å². The van der Waals surface area contributed by atoms with Crippen LogP contribution in [0.4, 0.5) is 13.2 Å². The van der Waals surface area contributed by atoms with Gasteiger partial charge in [-0.2, -0.15) is 18.4 Å². The van der Waals surface area contributed by atoms with Crippen molar-refractivity contribution in [1.29, 1.82) is 5.26 Å². The molecule has 0 aliphatic carbocycles. The van der Waals surface area contributed by atoms with Crippen LogP contribution in [-0.4, -0.2) is 30.2 Å². The van der Waals surface area contributed by atoms with Gasteiger partial charge in [0.2, 0.25) is 0 Å². The molecular weight excluding hydrogens is 365 g/mol. The van der Waals surface area contributed by atoms with E-state index in [1.165, 1.54) is 17.7 Å². The maximum Gasteiger partial charge on any atom is 0.417 e. The predicted octanol–water partition coefficient (Wildman–Crippen LogP) is 4.63. The fraction of sp³-hybridized carbons (Fsp3) is 0.318. The molecule has 2 aliphatic heterocycles. The molecular formula is C22H19F3N2O. The summed E-state index contributed by atoms with van der Waals surface area (Å²) in [6.07, 6.45) is -2.12. The number of nitrogens with zero attached hydrogens (tertiary/aromatic N) is 2. The van der Waals surface area contributed by atoms with Gasteiger partial charge in [0.1, 0.15) is 0 Å². The third kappa shape index (κ3) is 3.68. The lowest BCUT2D eigenvalue weighted by molar-refractivity contribution is -0.137. The molecule has 4 rings (SSSR count). The van der Waals surface area contributed by atoms with Gasteiger partial charge in [0, 0.05) is 12.6 Å². The summed E-state index contributed by atoms with van der Waals surface area (Å²) in [7, 11) is 0. The SMILES string of the molecule is N#Cc1ccc(C2=CC3COCC(C2)N3Cc2ccccc2)c(C(F)(F)F)c1. The van der Waals surface area contributed by atoms with Crippen molar-refractivity contribution in [2.24, 2.45) is 0 Å². The van der Waals surface area contributed by atoms with Crippen LogP contribution in [0.5, 0.6) is 0 Å². The van der Waals surface area contributed by atoms with Crippen LogP contribution < -0.4 is 0 Å². The first-order valence-corrected chi connectivity index (χ1v) is 9.15. The van der Waals surface area contributed by atoms with Crippen LogP contribution in [0.3, 0.4) is 0 Å². The van der Waals surface area contributed by atoms with Crippen molar-refractivity contribution in [1.82, 2.24) is 4.90 Å². The van der Waals surface area contributed by atoms with E-state index in [1.807, 2.05) is 24.3 Å². The minimum Gasteiger partial charge on any atom is -0.378 e. The average Bonchev–Trinajstić information content (AvgIpc) is 2.67. The number of hydrogen-bond donors (Lipinski definition) is 0. The second-order valence-corrected chi connectivity index (χ2v) is 7.18. The van der Waals surface area contributed by atoms with Gasteiger partial charge >= 0.3 is 6.18 Å². The second-order valence-electron chi connectivity index (χ2n) is 7.18. The van der Waals surface area contributed by atoms with Crippen LogP contribution in [0.15, 0.2) is 54.6 Å². The van der Waals surface area contributed by atoms with Crippen molar-refractivity contribution in [2.75, 3.05) is 13.2 Å². The zero-order chi connectivity index (χ0) is 19.7. The zero-order valence-corrected chi connectivity index (χ0v) is 15.1. The minimum atomic E-state index is -4.50. The van der Waals surface area contributed by atoms with Crippen LogP contribution >= 0.6 is 0 Å². The largest absolute Gasteiger partial charge is 0.417 e. The Hall–Kier alpha value is -2.62. The van der Waals surface area contributed by atoms with Gasteiger partial charge < -0.3 is 4.74 Å². The smallest absolute Gasteiger partial charge is 0.378 e. The molecule has 2 heterocycles. The van der Waals surface area contributed by atoms with Crippen LogP contribution in [0.25, 0.3) is 5.57 Å². The van der Waals surface area contributed by atoms with E-state index < -0.39 is 11.7 Å². The van der Waals surface area contributed by atoms with Crippen LogP contribution in [0, 0.1) is 11.3 Å². The summed E-state index contributed by atoms with van der Waals surface area (Å²) in [5.41, 5.74) is 1.29. The van der Waals surface area contributed by atoms with E-state index in [1.54, 1.807) is 6.07 Å². The number of nitriles is 1. The van der Waals surface area contributed by atoms with Gasteiger partial charge in [-0.1, -0.05) is 42.5 Å². The molecule has 2 aromatic rings. The molecule has 6 heteroatoms. The van der Waals surface area contributed by atoms with Gasteiger partial charge in [-0.15, -0.1) is 0 Å². The number of fused-ring (bicyclic) bond motifs is 2. The molecule has 0 radical (unpaired) electrons. The van der Waals surface area contributed by atoms with Crippen LogP contribution in [0.1, 0.15) is 28.7 Å². The number of alkyl halides is 3. The fourth-order valence-electron chi connectivity index (χ4n) is 4.03. The summed E-state index contributed by atoms with van der Waals surface area (Å²) >= 11 is 0. The van der Waals surface area contributed by atoms with Crippen molar-refractivity contribution >= 4 is 5.57 Å². The highest BCUT2D eigenvalue weighted by Gasteiger charge is 2.39. The van der Waals surface area contributed by atoms with Crippen molar-refractivity contribution < 1.29 is 17.9 Å². The van der Waals surface area contributed by atoms with E-state index in [2.05, 4.69) is 17.0 Å². The number of morpholine rings is 1. The molecule has 2 aromatic carbocycles. The summed E-state index contributed by atoms with van der Waals surface area (Å²) < 4.78 is 46.5. The van der Waals surface area contributed by atoms with Gasteiger partial charge in [0.15, 0.2) is 0 Å². The normalized spacial score (nSPS) is 22.4. The monoisotopic (exact) mass is 384 g/mol. The quantitative estimate of drug-likeness (QED) is 0.774. The van der Waals surface area contributed by atoms with Crippen molar-refractivity contribution in [3.8, 4) is 6.07 Å². The second kappa shape index (κ2) is 7.42. The fourth-order valence-corrected chi connectivity index (χ4v) is 4.03. The Bertz CT molecular complexity index is 931. The Balaban J connectivity index is 1.69. The Morgan fingerprint density at radius 2 is 1.89 bits per heavy atom. The van der Waals surface area contributed by atoms with E-state index in [-0.39, 0.29) is 23.2 Å². The number of rotatable bonds is 3. The van der Waals surface area contributed by atoms with E-state index in [4.69, 9.17) is 10.00 Å². The topological polar surface area (TPSA) is 36.3 Å². The molecule has 1 fully saturated rings. The summed E-state index contributed by atoms with van der Waals surface area (Å²) in [5, 5.41) is 8.98. The molecule has 0 aromatic heterocycles. The molecule has 2 aliphatic rings. The molecule has 144 valence electrons. The van der Waals surface area contributed by atoms with Gasteiger partial charge in [-0.3, -0.25) is 4.90 Å². The predicted molar refractivity (Wildman–Crippen MR) is 99.1 cm³/mol. The van der Waals surface area contributed by atoms with Gasteiger partial charge in [-0.05, 0) is 35.3 Å². The Morgan fingerprint density at radius 3 is 2.57 bits per heavy atom. The van der Waals surface area contributed by atoms with Crippen LogP contribution in [0.2, 0.25) is 0 Å². The summed E-state index contributed by atoms with van der Waals surface area (Å²) in [6, 6.07) is 15.6. The molecule has 1 saturated heterocycles. The molecule has 2 atom stereocenters. The molecule has 0 amide bonds. The van der Waals surface area contributed by atoms with E-state index in [0.717, 1.165) is 12.6 Å². The van der Waals surface area contributed by atoms with E-state index >= 15 is 0 Å². The average molecular weight is 384 g/mol. The first-order valence-electron chi connectivity index (χ1n) is 9.15. The summed E-state index contributed by atoms with van der Waals surface area (Å²) in [5.74, 6) is 0. The van der Waals surface area contributed by atoms with Crippen molar-refractivity contribution in [3.05, 3.63) is 76.9 Å². The number of hydrogen-bond acceptors (Lipinski definition) is 3. The molecule has 0 saturated carbocycles. The number of benzene rings is 2. The van der Waals surface area contributed by atoms with Gasteiger partial charge in [0.25, 0.3) is 0 Å². The highest BCUT2D eigenvalue weighted by atomic mass is 19.4. The third-order valence-electron chi connectivity index (χ3n) is 5.35. The maximum atomic E-state index is 13.6. The Kier molecular flexibility index (Phi) is 4.96. The first-order chi connectivity index (χ1) is 13.5. The molecule has 28 heavy (non-hydrogen) atoms. The van der Waals surface area contributed by atoms with Crippen LogP contribution in [-0.2, 0) is 17.5 Å². The highest BCUT2D eigenvalue weighted by molar-refractivity contribution is 5.71. The first kappa shape index (κ1) is 18.7. The Labute approximate surface area is 161 Å². The minimum absolute atomic E-state index is 0.0155. The van der Waals surface area contributed by atoms with Gasteiger partial charge in [-0.25, -0.2) is 0 Å². The van der Waals surface area contributed by atoms with Gasteiger partial charge in [0.05, 0.1) is 36.5 Å².